The molecule has 25 heavy (non-hydrogen) atoms. The van der Waals surface area contributed by atoms with Crippen molar-refractivity contribution in [2.45, 2.75) is 18.9 Å². The van der Waals surface area contributed by atoms with Gasteiger partial charge in [-0.2, -0.15) is 0 Å². The third-order valence-corrected chi connectivity index (χ3v) is 4.05. The molecule has 0 radical (unpaired) electrons. The van der Waals surface area contributed by atoms with Gasteiger partial charge in [0.1, 0.15) is 11.5 Å². The van der Waals surface area contributed by atoms with Crippen LogP contribution in [0.1, 0.15) is 12.8 Å². The summed E-state index contributed by atoms with van der Waals surface area (Å²) >= 11 is 0. The summed E-state index contributed by atoms with van der Waals surface area (Å²) in [5.74, 6) is 1.97. The second-order valence-corrected chi connectivity index (χ2v) is 5.87. The van der Waals surface area contributed by atoms with E-state index in [0.717, 1.165) is 25.1 Å². The molecule has 0 bridgehead atoms. The van der Waals surface area contributed by atoms with Gasteiger partial charge in [0.2, 0.25) is 5.95 Å². The lowest BCUT2D eigenvalue weighted by molar-refractivity contribution is -0.123. The highest BCUT2D eigenvalue weighted by Gasteiger charge is 2.23. The molecule has 1 aromatic heterocycles. The molecule has 1 N–H and O–H groups in total. The highest BCUT2D eigenvalue weighted by atomic mass is 16.5. The normalized spacial score (nSPS) is 17.0. The molecule has 2 aromatic rings. The highest BCUT2D eigenvalue weighted by Crippen LogP contribution is 2.17. The maximum absolute atomic E-state index is 12.1. The van der Waals surface area contributed by atoms with E-state index < -0.39 is 0 Å². The van der Waals surface area contributed by atoms with E-state index in [1.54, 1.807) is 49.8 Å². The first-order chi connectivity index (χ1) is 12.2. The van der Waals surface area contributed by atoms with Crippen molar-refractivity contribution in [3.63, 3.8) is 0 Å². The van der Waals surface area contributed by atoms with Crippen LogP contribution in [0.5, 0.6) is 11.5 Å². The van der Waals surface area contributed by atoms with Crippen LogP contribution in [0.3, 0.4) is 0 Å². The van der Waals surface area contributed by atoms with Crippen LogP contribution in [0.2, 0.25) is 0 Å². The minimum Gasteiger partial charge on any atom is -0.497 e. The molecule has 3 rings (SSSR count). The number of nitrogens with zero attached hydrogens (tertiary/aromatic N) is 3. The van der Waals surface area contributed by atoms with E-state index in [2.05, 4.69) is 20.2 Å². The van der Waals surface area contributed by atoms with Gasteiger partial charge in [0.05, 0.1) is 7.11 Å². The number of hydrogen-bond acceptors (Lipinski definition) is 6. The summed E-state index contributed by atoms with van der Waals surface area (Å²) in [6.07, 6.45) is 5.39. The van der Waals surface area contributed by atoms with Gasteiger partial charge in [0.25, 0.3) is 5.91 Å². The number of rotatable bonds is 6. The molecular weight excluding hydrogens is 320 g/mol. The van der Waals surface area contributed by atoms with Gasteiger partial charge in [-0.05, 0) is 43.2 Å². The van der Waals surface area contributed by atoms with Crippen LogP contribution in [-0.4, -0.2) is 48.7 Å². The van der Waals surface area contributed by atoms with Gasteiger partial charge in [-0.3, -0.25) is 4.79 Å². The van der Waals surface area contributed by atoms with Crippen molar-refractivity contribution in [2.24, 2.45) is 0 Å². The molecule has 1 atom stereocenters. The molecule has 2 heterocycles. The molecule has 0 saturated carbocycles. The monoisotopic (exact) mass is 342 g/mol. The molecule has 1 amide bonds. The average Bonchev–Trinajstić information content (AvgIpc) is 2.68. The van der Waals surface area contributed by atoms with Crippen molar-refractivity contribution in [3.05, 3.63) is 42.7 Å². The topological polar surface area (TPSA) is 76.6 Å². The third kappa shape index (κ3) is 4.82. The number of amides is 1. The second-order valence-electron chi connectivity index (χ2n) is 5.87. The summed E-state index contributed by atoms with van der Waals surface area (Å²) in [6.45, 7) is 1.60. The predicted octanol–water partition coefficient (Wildman–Crippen LogP) is 1.65. The largest absolute Gasteiger partial charge is 0.497 e. The van der Waals surface area contributed by atoms with Gasteiger partial charge in [-0.1, -0.05) is 0 Å². The first kappa shape index (κ1) is 17.0. The van der Waals surface area contributed by atoms with Crippen LogP contribution >= 0.6 is 0 Å². The van der Waals surface area contributed by atoms with E-state index in [-0.39, 0.29) is 18.6 Å². The lowest BCUT2D eigenvalue weighted by Gasteiger charge is -2.33. The minimum absolute atomic E-state index is 0.00926. The second kappa shape index (κ2) is 8.32. The summed E-state index contributed by atoms with van der Waals surface area (Å²) < 4.78 is 10.6. The van der Waals surface area contributed by atoms with Gasteiger partial charge in [-0.25, -0.2) is 9.97 Å². The molecular formula is C18H22N4O3. The molecule has 132 valence electrons. The van der Waals surface area contributed by atoms with Crippen molar-refractivity contribution in [1.29, 1.82) is 0 Å². The van der Waals surface area contributed by atoms with Crippen LogP contribution in [0.15, 0.2) is 42.7 Å². The molecule has 7 nitrogen and oxygen atoms in total. The Balaban J connectivity index is 1.47. The number of carbonyl (C=O) groups is 1. The lowest BCUT2D eigenvalue weighted by Crippen LogP contribution is -2.49. The smallest absolute Gasteiger partial charge is 0.258 e. The zero-order chi connectivity index (χ0) is 17.5. The molecule has 1 aliphatic rings. The number of anilines is 1. The summed E-state index contributed by atoms with van der Waals surface area (Å²) in [5.41, 5.74) is 0. The SMILES string of the molecule is COc1ccc(OCC(=O)N[C@H]2CCCN(c3ncccn3)C2)cc1. The third-order valence-electron chi connectivity index (χ3n) is 4.05. The van der Waals surface area contributed by atoms with E-state index in [9.17, 15) is 4.79 Å². The van der Waals surface area contributed by atoms with Gasteiger partial charge in [-0.15, -0.1) is 0 Å². The Kier molecular flexibility index (Phi) is 5.66. The number of aromatic nitrogens is 2. The number of carbonyl (C=O) groups excluding carboxylic acids is 1. The van der Waals surface area contributed by atoms with E-state index in [1.165, 1.54) is 0 Å². The van der Waals surface area contributed by atoms with Crippen LogP contribution in [0, 0.1) is 0 Å². The molecule has 0 aliphatic carbocycles. The summed E-state index contributed by atoms with van der Waals surface area (Å²) in [6, 6.07) is 9.02. The minimum atomic E-state index is -0.128. The number of piperidine rings is 1. The zero-order valence-corrected chi connectivity index (χ0v) is 14.2. The van der Waals surface area contributed by atoms with Crippen LogP contribution in [-0.2, 0) is 4.79 Å². The fraction of sp³-hybridized carbons (Fsp3) is 0.389. The van der Waals surface area contributed by atoms with Crippen LogP contribution < -0.4 is 19.7 Å². The van der Waals surface area contributed by atoms with Crippen molar-refractivity contribution < 1.29 is 14.3 Å². The van der Waals surface area contributed by atoms with Crippen molar-refractivity contribution >= 4 is 11.9 Å². The number of hydrogen-bond donors (Lipinski definition) is 1. The van der Waals surface area contributed by atoms with Crippen molar-refractivity contribution in [1.82, 2.24) is 15.3 Å². The predicted molar refractivity (Wildman–Crippen MR) is 93.9 cm³/mol. The maximum Gasteiger partial charge on any atom is 0.258 e. The van der Waals surface area contributed by atoms with Gasteiger partial charge < -0.3 is 19.7 Å². The van der Waals surface area contributed by atoms with E-state index in [0.29, 0.717) is 18.2 Å². The fourth-order valence-corrected chi connectivity index (χ4v) is 2.82. The number of ether oxygens (including phenoxy) is 2. The van der Waals surface area contributed by atoms with E-state index in [1.807, 2.05) is 0 Å². The quantitative estimate of drug-likeness (QED) is 0.860. The zero-order valence-electron chi connectivity index (χ0n) is 14.2. The summed E-state index contributed by atoms with van der Waals surface area (Å²) in [5, 5.41) is 3.03. The van der Waals surface area contributed by atoms with E-state index in [4.69, 9.17) is 9.47 Å². The number of nitrogens with one attached hydrogen (secondary N) is 1. The molecule has 1 saturated heterocycles. The Morgan fingerprint density at radius 2 is 1.96 bits per heavy atom. The Hall–Kier alpha value is -2.83. The van der Waals surface area contributed by atoms with Crippen LogP contribution in [0.4, 0.5) is 5.95 Å². The van der Waals surface area contributed by atoms with Crippen molar-refractivity contribution in [3.8, 4) is 11.5 Å². The fourth-order valence-electron chi connectivity index (χ4n) is 2.82. The van der Waals surface area contributed by atoms with Crippen molar-refractivity contribution in [2.75, 3.05) is 31.7 Å². The Bertz CT molecular complexity index is 678. The summed E-state index contributed by atoms with van der Waals surface area (Å²) in [4.78, 5) is 22.8. The number of methoxy groups -OCH3 is 1. The average molecular weight is 342 g/mol. The summed E-state index contributed by atoms with van der Waals surface area (Å²) in [7, 11) is 1.61. The van der Waals surface area contributed by atoms with Crippen LogP contribution in [0.25, 0.3) is 0 Å². The first-order valence-electron chi connectivity index (χ1n) is 8.33. The van der Waals surface area contributed by atoms with E-state index >= 15 is 0 Å². The molecule has 1 aliphatic heterocycles. The molecule has 1 aromatic carbocycles. The standard InChI is InChI=1S/C18H22N4O3/c1-24-15-5-7-16(8-6-15)25-13-17(23)21-14-4-2-11-22(12-14)18-19-9-3-10-20-18/h3,5-10,14H,2,4,11-13H2,1H3,(H,21,23)/t14-/m0/s1. The molecule has 1 fully saturated rings. The Labute approximate surface area is 147 Å². The first-order valence-corrected chi connectivity index (χ1v) is 8.33. The molecule has 0 spiro atoms. The Morgan fingerprint density at radius 1 is 1.24 bits per heavy atom. The number of benzene rings is 1. The molecule has 0 unspecified atom stereocenters. The van der Waals surface area contributed by atoms with Gasteiger partial charge >= 0.3 is 0 Å². The maximum atomic E-state index is 12.1. The van der Waals surface area contributed by atoms with Gasteiger partial charge in [0.15, 0.2) is 6.61 Å². The highest BCUT2D eigenvalue weighted by molar-refractivity contribution is 5.78. The Morgan fingerprint density at radius 3 is 2.68 bits per heavy atom. The molecule has 7 heteroatoms. The lowest BCUT2D eigenvalue weighted by atomic mass is 10.1. The van der Waals surface area contributed by atoms with Gasteiger partial charge in [0, 0.05) is 31.5 Å².